The highest BCUT2D eigenvalue weighted by atomic mass is 32.1. The molecule has 3 N–H and O–H groups in total. The Labute approximate surface area is 129 Å². The molecule has 3 heterocycles. The SMILES string of the molecule is Cc1csc(NC(=O)c2sc3nnc(C)c(C)c3c2N)n1. The summed E-state index contributed by atoms with van der Waals surface area (Å²) in [6.45, 7) is 5.68. The molecule has 0 unspecified atom stereocenters. The third-order valence-corrected chi connectivity index (χ3v) is 5.14. The van der Waals surface area contributed by atoms with E-state index in [0.717, 1.165) is 22.3 Å². The van der Waals surface area contributed by atoms with Crippen molar-refractivity contribution < 1.29 is 4.79 Å². The van der Waals surface area contributed by atoms with Gasteiger partial charge >= 0.3 is 0 Å². The van der Waals surface area contributed by atoms with Gasteiger partial charge in [-0.15, -0.1) is 27.8 Å². The highest BCUT2D eigenvalue weighted by Crippen LogP contribution is 2.35. The number of aromatic nitrogens is 3. The summed E-state index contributed by atoms with van der Waals surface area (Å²) in [5, 5.41) is 14.2. The molecule has 0 bridgehead atoms. The van der Waals surface area contributed by atoms with Crippen molar-refractivity contribution in [2.45, 2.75) is 20.8 Å². The average molecular weight is 319 g/mol. The molecule has 1 amide bonds. The molecule has 0 aliphatic heterocycles. The third-order valence-electron chi connectivity index (χ3n) is 3.18. The van der Waals surface area contributed by atoms with Crippen molar-refractivity contribution in [3.05, 3.63) is 27.2 Å². The van der Waals surface area contributed by atoms with Gasteiger partial charge in [-0.2, -0.15) is 5.10 Å². The molecular weight excluding hydrogens is 306 g/mol. The molecule has 21 heavy (non-hydrogen) atoms. The van der Waals surface area contributed by atoms with Crippen LogP contribution in [0.5, 0.6) is 0 Å². The van der Waals surface area contributed by atoms with Crippen LogP contribution in [0.15, 0.2) is 5.38 Å². The van der Waals surface area contributed by atoms with Gasteiger partial charge in [-0.05, 0) is 26.3 Å². The summed E-state index contributed by atoms with van der Waals surface area (Å²) in [5.41, 5.74) is 9.23. The Morgan fingerprint density at radius 1 is 1.29 bits per heavy atom. The Morgan fingerprint density at radius 2 is 2.05 bits per heavy atom. The number of hydrogen-bond acceptors (Lipinski definition) is 7. The van der Waals surface area contributed by atoms with Crippen LogP contribution in [-0.2, 0) is 0 Å². The summed E-state index contributed by atoms with van der Waals surface area (Å²) < 4.78 is 0. The van der Waals surface area contributed by atoms with Gasteiger partial charge in [-0.25, -0.2) is 4.98 Å². The number of anilines is 2. The maximum Gasteiger partial charge on any atom is 0.269 e. The van der Waals surface area contributed by atoms with E-state index < -0.39 is 0 Å². The lowest BCUT2D eigenvalue weighted by Gasteiger charge is -2.01. The zero-order valence-corrected chi connectivity index (χ0v) is 13.4. The van der Waals surface area contributed by atoms with Crippen LogP contribution in [0.2, 0.25) is 0 Å². The van der Waals surface area contributed by atoms with E-state index >= 15 is 0 Å². The number of carbonyl (C=O) groups excluding carboxylic acids is 1. The Balaban J connectivity index is 2.02. The minimum absolute atomic E-state index is 0.262. The summed E-state index contributed by atoms with van der Waals surface area (Å²) in [7, 11) is 0. The van der Waals surface area contributed by atoms with Crippen molar-refractivity contribution in [3.63, 3.8) is 0 Å². The fraction of sp³-hybridized carbons (Fsp3) is 0.231. The molecule has 0 radical (unpaired) electrons. The Bertz CT molecular complexity index is 852. The quantitative estimate of drug-likeness (QED) is 0.757. The Kier molecular flexibility index (Phi) is 3.34. The van der Waals surface area contributed by atoms with Gasteiger partial charge in [0.25, 0.3) is 5.91 Å². The van der Waals surface area contributed by atoms with Crippen LogP contribution < -0.4 is 11.1 Å². The predicted molar refractivity (Wildman–Crippen MR) is 86.1 cm³/mol. The molecule has 0 aliphatic carbocycles. The summed E-state index contributed by atoms with van der Waals surface area (Å²) in [6, 6.07) is 0. The number of fused-ring (bicyclic) bond motifs is 1. The van der Waals surface area contributed by atoms with Gasteiger partial charge < -0.3 is 5.73 Å². The largest absolute Gasteiger partial charge is 0.397 e. The lowest BCUT2D eigenvalue weighted by Crippen LogP contribution is -2.11. The van der Waals surface area contributed by atoms with Gasteiger partial charge in [0.2, 0.25) is 0 Å². The van der Waals surface area contributed by atoms with Crippen molar-refractivity contribution in [1.82, 2.24) is 15.2 Å². The summed E-state index contributed by atoms with van der Waals surface area (Å²) in [6.07, 6.45) is 0. The van der Waals surface area contributed by atoms with Crippen LogP contribution in [0.3, 0.4) is 0 Å². The van der Waals surface area contributed by atoms with Gasteiger partial charge in [0.15, 0.2) is 5.13 Å². The molecule has 0 atom stereocenters. The average Bonchev–Trinajstić information content (AvgIpc) is 2.98. The molecule has 0 aromatic carbocycles. The minimum atomic E-state index is -0.262. The van der Waals surface area contributed by atoms with E-state index in [1.54, 1.807) is 0 Å². The molecule has 108 valence electrons. The third kappa shape index (κ3) is 2.36. The number of thiophene rings is 1. The molecule has 3 rings (SSSR count). The highest BCUT2D eigenvalue weighted by Gasteiger charge is 2.20. The van der Waals surface area contributed by atoms with Gasteiger partial charge in [-0.3, -0.25) is 10.1 Å². The second kappa shape index (κ2) is 5.05. The molecule has 3 aromatic rings. The smallest absolute Gasteiger partial charge is 0.269 e. The zero-order valence-electron chi connectivity index (χ0n) is 11.7. The van der Waals surface area contributed by atoms with Gasteiger partial charge in [0, 0.05) is 10.8 Å². The first-order valence-corrected chi connectivity index (χ1v) is 7.92. The van der Waals surface area contributed by atoms with E-state index in [0.29, 0.717) is 20.5 Å². The first-order valence-electron chi connectivity index (χ1n) is 6.22. The normalized spacial score (nSPS) is 11.0. The van der Waals surface area contributed by atoms with Crippen LogP contribution >= 0.6 is 22.7 Å². The zero-order chi connectivity index (χ0) is 15.1. The standard InChI is InChI=1S/C13H13N5OS2/c1-5-4-20-13(15-5)16-11(19)10-9(14)8-6(2)7(3)17-18-12(8)21-10/h4H,14H2,1-3H3,(H,15,16,19). The fourth-order valence-electron chi connectivity index (χ4n) is 1.97. The first-order chi connectivity index (χ1) is 9.97. The maximum absolute atomic E-state index is 12.3. The van der Waals surface area contributed by atoms with Crippen LogP contribution in [0.4, 0.5) is 10.8 Å². The molecule has 8 heteroatoms. The molecule has 0 saturated carbocycles. The number of rotatable bonds is 2. The molecule has 0 spiro atoms. The number of nitrogens with one attached hydrogen (secondary N) is 1. The van der Waals surface area contributed by atoms with Crippen LogP contribution in [0, 0.1) is 20.8 Å². The second-order valence-corrected chi connectivity index (χ2v) is 6.54. The number of thiazole rings is 1. The van der Waals surface area contributed by atoms with Crippen molar-refractivity contribution in [2.75, 3.05) is 11.1 Å². The van der Waals surface area contributed by atoms with Crippen molar-refractivity contribution in [1.29, 1.82) is 0 Å². The van der Waals surface area contributed by atoms with Crippen molar-refractivity contribution >= 4 is 49.6 Å². The lowest BCUT2D eigenvalue weighted by atomic mass is 10.1. The van der Waals surface area contributed by atoms with E-state index in [2.05, 4.69) is 20.5 Å². The van der Waals surface area contributed by atoms with E-state index in [4.69, 9.17) is 5.73 Å². The number of nitrogens with two attached hydrogens (primary N) is 1. The molecule has 0 saturated heterocycles. The number of hydrogen-bond donors (Lipinski definition) is 2. The monoisotopic (exact) mass is 319 g/mol. The highest BCUT2D eigenvalue weighted by molar-refractivity contribution is 7.21. The minimum Gasteiger partial charge on any atom is -0.397 e. The van der Waals surface area contributed by atoms with E-state index in [1.165, 1.54) is 22.7 Å². The Hall–Kier alpha value is -2.06. The van der Waals surface area contributed by atoms with E-state index in [1.807, 2.05) is 26.2 Å². The topological polar surface area (TPSA) is 93.8 Å². The summed E-state index contributed by atoms with van der Waals surface area (Å²) >= 11 is 2.63. The van der Waals surface area contributed by atoms with Crippen LogP contribution in [0.25, 0.3) is 10.2 Å². The lowest BCUT2D eigenvalue weighted by molar-refractivity contribution is 0.103. The molecule has 0 aliphatic rings. The predicted octanol–water partition coefficient (Wildman–Crippen LogP) is 2.91. The van der Waals surface area contributed by atoms with Gasteiger partial charge in [0.1, 0.15) is 9.71 Å². The van der Waals surface area contributed by atoms with Crippen LogP contribution in [-0.4, -0.2) is 21.1 Å². The summed E-state index contributed by atoms with van der Waals surface area (Å²) in [4.78, 5) is 17.7. The van der Waals surface area contributed by atoms with Gasteiger partial charge in [-0.1, -0.05) is 0 Å². The fourth-order valence-corrected chi connectivity index (χ4v) is 3.65. The molecule has 3 aromatic heterocycles. The van der Waals surface area contributed by atoms with Gasteiger partial charge in [0.05, 0.1) is 17.1 Å². The Morgan fingerprint density at radius 3 is 2.71 bits per heavy atom. The number of nitrogen functional groups attached to an aromatic ring is 1. The summed E-state index contributed by atoms with van der Waals surface area (Å²) in [5.74, 6) is -0.262. The second-order valence-electron chi connectivity index (χ2n) is 4.68. The molecular formula is C13H13N5OS2. The number of nitrogens with zero attached hydrogens (tertiary/aromatic N) is 3. The number of carbonyl (C=O) groups is 1. The van der Waals surface area contributed by atoms with Crippen molar-refractivity contribution in [3.8, 4) is 0 Å². The molecule has 6 nitrogen and oxygen atoms in total. The van der Waals surface area contributed by atoms with Crippen molar-refractivity contribution in [2.24, 2.45) is 0 Å². The number of aryl methyl sites for hydroxylation is 3. The van der Waals surface area contributed by atoms with Crippen LogP contribution in [0.1, 0.15) is 26.6 Å². The van der Waals surface area contributed by atoms with E-state index in [-0.39, 0.29) is 5.91 Å². The molecule has 0 fully saturated rings. The van der Waals surface area contributed by atoms with E-state index in [9.17, 15) is 4.79 Å². The number of amides is 1. The maximum atomic E-state index is 12.3. The first kappa shape index (κ1) is 13.9.